The molecule has 0 aliphatic heterocycles. The summed E-state index contributed by atoms with van der Waals surface area (Å²) in [5.41, 5.74) is 1.33. The molecule has 0 saturated carbocycles. The van der Waals surface area contributed by atoms with E-state index >= 15 is 0 Å². The lowest BCUT2D eigenvalue weighted by Crippen LogP contribution is -2.33. The molecule has 17 heavy (non-hydrogen) atoms. The Morgan fingerprint density at radius 2 is 2.41 bits per heavy atom. The number of hydrogen-bond donors (Lipinski definition) is 1. The molecule has 1 aromatic rings. The summed E-state index contributed by atoms with van der Waals surface area (Å²) in [5.74, 6) is 0.0124. The number of aryl methyl sites for hydroxylation is 2. The molecular weight excluding hydrogens is 234 g/mol. The highest BCUT2D eigenvalue weighted by Crippen LogP contribution is 2.31. The van der Waals surface area contributed by atoms with Crippen molar-refractivity contribution in [3.8, 4) is 0 Å². The lowest BCUT2D eigenvalue weighted by molar-refractivity contribution is 0.0747. The van der Waals surface area contributed by atoms with Crippen LogP contribution in [0.15, 0.2) is 18.7 Å². The molecule has 1 heterocycles. The van der Waals surface area contributed by atoms with E-state index in [0.717, 1.165) is 17.7 Å². The van der Waals surface area contributed by atoms with Gasteiger partial charge in [-0.3, -0.25) is 4.79 Å². The molecule has 92 valence electrons. The van der Waals surface area contributed by atoms with Crippen molar-refractivity contribution >= 4 is 17.2 Å². The second kappa shape index (κ2) is 5.47. The number of nitrogens with zero attached hydrogens (tertiary/aromatic N) is 1. The van der Waals surface area contributed by atoms with E-state index in [-0.39, 0.29) is 12.5 Å². The van der Waals surface area contributed by atoms with Crippen LogP contribution in [0.1, 0.15) is 26.5 Å². The van der Waals surface area contributed by atoms with Crippen LogP contribution < -0.4 is 0 Å². The van der Waals surface area contributed by atoms with Crippen LogP contribution in [0.5, 0.6) is 0 Å². The summed E-state index contributed by atoms with van der Waals surface area (Å²) >= 11 is 1.60. The molecule has 0 spiro atoms. The van der Waals surface area contributed by atoms with Crippen LogP contribution in [-0.2, 0) is 12.8 Å². The van der Waals surface area contributed by atoms with Gasteiger partial charge >= 0.3 is 0 Å². The zero-order valence-electron chi connectivity index (χ0n) is 9.82. The van der Waals surface area contributed by atoms with Crippen LogP contribution >= 0.6 is 11.3 Å². The van der Waals surface area contributed by atoms with Gasteiger partial charge < -0.3 is 10.0 Å². The van der Waals surface area contributed by atoms with Crippen molar-refractivity contribution in [2.75, 3.05) is 19.7 Å². The molecule has 2 rings (SSSR count). The molecule has 1 aliphatic rings. The number of carbonyl (C=O) groups is 1. The maximum absolute atomic E-state index is 12.2. The fraction of sp³-hybridized carbons (Fsp3) is 0.462. The average molecular weight is 251 g/mol. The molecular formula is C13H17NO2S. The Labute approximate surface area is 105 Å². The van der Waals surface area contributed by atoms with E-state index < -0.39 is 0 Å². The number of fused-ring (bicyclic) bond motifs is 1. The van der Waals surface area contributed by atoms with Gasteiger partial charge in [0, 0.05) is 18.0 Å². The first kappa shape index (κ1) is 12.3. The predicted molar refractivity (Wildman–Crippen MR) is 69.5 cm³/mol. The molecule has 3 nitrogen and oxygen atoms in total. The molecule has 1 amide bonds. The Kier molecular flexibility index (Phi) is 3.97. The Morgan fingerprint density at radius 3 is 3.06 bits per heavy atom. The van der Waals surface area contributed by atoms with Crippen molar-refractivity contribution in [1.29, 1.82) is 0 Å². The van der Waals surface area contributed by atoms with E-state index in [1.54, 1.807) is 22.3 Å². The quantitative estimate of drug-likeness (QED) is 0.811. The Bertz CT molecular complexity index is 404. The molecule has 4 heteroatoms. The van der Waals surface area contributed by atoms with Crippen LogP contribution in [-0.4, -0.2) is 35.6 Å². The minimum absolute atomic E-state index is 0.00926. The summed E-state index contributed by atoms with van der Waals surface area (Å²) in [4.78, 5) is 16.0. The number of rotatable bonds is 5. The molecule has 0 unspecified atom stereocenters. The number of amides is 1. The summed E-state index contributed by atoms with van der Waals surface area (Å²) in [7, 11) is 0. The fourth-order valence-electron chi connectivity index (χ4n) is 2.14. The van der Waals surface area contributed by atoms with Crippen molar-refractivity contribution in [3.05, 3.63) is 34.0 Å². The number of carbonyl (C=O) groups excluding carboxylic acids is 1. The lowest BCUT2D eigenvalue weighted by atomic mass is 10.2. The van der Waals surface area contributed by atoms with E-state index in [1.807, 2.05) is 6.07 Å². The van der Waals surface area contributed by atoms with E-state index in [4.69, 9.17) is 5.11 Å². The maximum atomic E-state index is 12.2. The fourth-order valence-corrected chi connectivity index (χ4v) is 3.36. The molecule has 1 aliphatic carbocycles. The summed E-state index contributed by atoms with van der Waals surface area (Å²) < 4.78 is 0. The van der Waals surface area contributed by atoms with Gasteiger partial charge in [-0.1, -0.05) is 6.08 Å². The third-order valence-electron chi connectivity index (χ3n) is 2.96. The highest BCUT2D eigenvalue weighted by molar-refractivity contribution is 7.14. The monoisotopic (exact) mass is 251 g/mol. The van der Waals surface area contributed by atoms with Gasteiger partial charge in [0.15, 0.2) is 0 Å². The average Bonchev–Trinajstić information content (AvgIpc) is 2.87. The molecule has 0 saturated heterocycles. The molecule has 0 aromatic carbocycles. The van der Waals surface area contributed by atoms with Gasteiger partial charge in [-0.25, -0.2) is 0 Å². The van der Waals surface area contributed by atoms with Crippen LogP contribution in [0.2, 0.25) is 0 Å². The van der Waals surface area contributed by atoms with Crippen molar-refractivity contribution < 1.29 is 9.90 Å². The summed E-state index contributed by atoms with van der Waals surface area (Å²) in [5, 5.41) is 8.95. The first-order chi connectivity index (χ1) is 8.26. The number of aliphatic hydroxyl groups excluding tert-OH is 1. The maximum Gasteiger partial charge on any atom is 0.264 e. The minimum Gasteiger partial charge on any atom is -0.395 e. The van der Waals surface area contributed by atoms with Gasteiger partial charge in [-0.15, -0.1) is 17.9 Å². The SMILES string of the molecule is C=CCN(CCO)C(=O)c1cc2c(s1)CCC2. The first-order valence-corrected chi connectivity index (χ1v) is 6.70. The van der Waals surface area contributed by atoms with Gasteiger partial charge in [-0.05, 0) is 30.9 Å². The van der Waals surface area contributed by atoms with E-state index in [0.29, 0.717) is 13.1 Å². The minimum atomic E-state index is -0.00926. The van der Waals surface area contributed by atoms with Crippen LogP contribution in [0, 0.1) is 0 Å². The van der Waals surface area contributed by atoms with Crippen molar-refractivity contribution in [2.24, 2.45) is 0 Å². The van der Waals surface area contributed by atoms with Crippen molar-refractivity contribution in [3.63, 3.8) is 0 Å². The smallest absolute Gasteiger partial charge is 0.264 e. The number of hydrogen-bond acceptors (Lipinski definition) is 3. The van der Waals surface area contributed by atoms with Crippen LogP contribution in [0.25, 0.3) is 0 Å². The zero-order valence-corrected chi connectivity index (χ0v) is 10.6. The third kappa shape index (κ3) is 2.58. The first-order valence-electron chi connectivity index (χ1n) is 5.89. The third-order valence-corrected chi connectivity index (χ3v) is 4.19. The van der Waals surface area contributed by atoms with E-state index in [1.165, 1.54) is 16.9 Å². The highest BCUT2D eigenvalue weighted by Gasteiger charge is 2.21. The Morgan fingerprint density at radius 1 is 1.59 bits per heavy atom. The molecule has 0 atom stereocenters. The Hall–Kier alpha value is -1.13. The van der Waals surface area contributed by atoms with Gasteiger partial charge in [0.1, 0.15) is 0 Å². The number of thiophene rings is 1. The molecule has 0 bridgehead atoms. The van der Waals surface area contributed by atoms with Crippen LogP contribution in [0.3, 0.4) is 0 Å². The van der Waals surface area contributed by atoms with Gasteiger partial charge in [-0.2, -0.15) is 0 Å². The second-order valence-electron chi connectivity index (χ2n) is 4.18. The molecule has 0 fully saturated rings. The lowest BCUT2D eigenvalue weighted by Gasteiger charge is -2.18. The topological polar surface area (TPSA) is 40.5 Å². The Balaban J connectivity index is 2.13. The largest absolute Gasteiger partial charge is 0.395 e. The molecule has 1 N–H and O–H groups in total. The van der Waals surface area contributed by atoms with Crippen molar-refractivity contribution in [1.82, 2.24) is 4.90 Å². The van der Waals surface area contributed by atoms with Gasteiger partial charge in [0.05, 0.1) is 11.5 Å². The normalized spacial score (nSPS) is 13.5. The number of aliphatic hydroxyl groups is 1. The molecule has 1 aromatic heterocycles. The summed E-state index contributed by atoms with van der Waals surface area (Å²) in [6, 6.07) is 2.02. The standard InChI is InChI=1S/C13H17NO2S/c1-2-6-14(7-8-15)13(16)12-9-10-4-3-5-11(10)17-12/h2,9,15H,1,3-8H2. The summed E-state index contributed by atoms with van der Waals surface area (Å²) in [6.07, 6.45) is 5.10. The molecule has 0 radical (unpaired) electrons. The predicted octanol–water partition coefficient (Wildman–Crippen LogP) is 1.86. The highest BCUT2D eigenvalue weighted by atomic mass is 32.1. The van der Waals surface area contributed by atoms with Crippen molar-refractivity contribution in [2.45, 2.75) is 19.3 Å². The van der Waals surface area contributed by atoms with Gasteiger partial charge in [0.25, 0.3) is 5.91 Å². The van der Waals surface area contributed by atoms with Gasteiger partial charge in [0.2, 0.25) is 0 Å². The zero-order chi connectivity index (χ0) is 12.3. The van der Waals surface area contributed by atoms with E-state index in [2.05, 4.69) is 6.58 Å². The summed E-state index contributed by atoms with van der Waals surface area (Å²) in [6.45, 7) is 4.48. The second-order valence-corrected chi connectivity index (χ2v) is 5.31. The van der Waals surface area contributed by atoms with E-state index in [9.17, 15) is 4.79 Å². The van der Waals surface area contributed by atoms with Crippen LogP contribution in [0.4, 0.5) is 0 Å².